The molecule has 1 aliphatic heterocycles. The second-order valence-corrected chi connectivity index (χ2v) is 7.68. The minimum Gasteiger partial charge on any atom is -0.495 e. The van der Waals surface area contributed by atoms with Crippen LogP contribution in [0.15, 0.2) is 54.9 Å². The smallest absolute Gasteiger partial charge is 0.272 e. The molecular weight excluding hydrogens is 392 g/mol. The van der Waals surface area contributed by atoms with E-state index in [2.05, 4.69) is 16.0 Å². The van der Waals surface area contributed by atoms with E-state index in [4.69, 9.17) is 9.47 Å². The molecule has 160 valence electrons. The Balaban J connectivity index is 1.42. The van der Waals surface area contributed by atoms with Crippen LogP contribution in [0.2, 0.25) is 0 Å². The number of carbonyl (C=O) groups excluding carboxylic acids is 1. The van der Waals surface area contributed by atoms with Crippen molar-refractivity contribution in [3.05, 3.63) is 77.4 Å². The lowest BCUT2D eigenvalue weighted by atomic mass is 9.99. The number of nitrogens with zero attached hydrogens (tertiary/aromatic N) is 4. The largest absolute Gasteiger partial charge is 0.495 e. The average Bonchev–Trinajstić information content (AvgIpc) is 2.82. The highest BCUT2D eigenvalue weighted by molar-refractivity contribution is 5.92. The Morgan fingerprint density at radius 2 is 1.87 bits per heavy atom. The van der Waals surface area contributed by atoms with Gasteiger partial charge in [-0.3, -0.25) is 9.78 Å². The molecule has 0 saturated heterocycles. The van der Waals surface area contributed by atoms with Gasteiger partial charge in [0.05, 0.1) is 30.9 Å². The Kier molecular flexibility index (Phi) is 6.02. The fourth-order valence-corrected chi connectivity index (χ4v) is 3.51. The highest BCUT2D eigenvalue weighted by atomic mass is 16.5. The van der Waals surface area contributed by atoms with Crippen LogP contribution in [0.25, 0.3) is 0 Å². The first kappa shape index (κ1) is 20.7. The molecule has 3 heterocycles. The third-order valence-electron chi connectivity index (χ3n) is 5.38. The Bertz CT molecular complexity index is 1050. The Hall–Kier alpha value is -3.61. The molecule has 7 nitrogen and oxygen atoms in total. The number of hydrogen-bond donors (Lipinski definition) is 0. The summed E-state index contributed by atoms with van der Waals surface area (Å²) in [5.74, 6) is 1.43. The van der Waals surface area contributed by atoms with E-state index in [9.17, 15) is 4.79 Å². The van der Waals surface area contributed by atoms with Gasteiger partial charge in [0.1, 0.15) is 23.8 Å². The molecule has 1 aromatic carbocycles. The Labute approximate surface area is 182 Å². The molecule has 0 saturated carbocycles. The monoisotopic (exact) mass is 418 g/mol. The predicted octanol–water partition coefficient (Wildman–Crippen LogP) is 3.33. The summed E-state index contributed by atoms with van der Waals surface area (Å²) in [6.07, 6.45) is 4.22. The molecule has 0 aliphatic carbocycles. The molecule has 31 heavy (non-hydrogen) atoms. The van der Waals surface area contributed by atoms with E-state index in [0.717, 1.165) is 29.1 Å². The van der Waals surface area contributed by atoms with E-state index in [1.54, 1.807) is 25.6 Å². The van der Waals surface area contributed by atoms with Crippen LogP contribution in [-0.4, -0.2) is 48.5 Å². The predicted molar refractivity (Wildman–Crippen MR) is 119 cm³/mol. The highest BCUT2D eigenvalue weighted by Crippen LogP contribution is 2.25. The maximum Gasteiger partial charge on any atom is 0.272 e. The van der Waals surface area contributed by atoms with Crippen LogP contribution < -0.4 is 14.4 Å². The fraction of sp³-hybridized carbons (Fsp3) is 0.292. The van der Waals surface area contributed by atoms with Crippen LogP contribution in [0.3, 0.4) is 0 Å². The van der Waals surface area contributed by atoms with Crippen LogP contribution in [-0.2, 0) is 19.6 Å². The number of hydrogen-bond acceptors (Lipinski definition) is 6. The van der Waals surface area contributed by atoms with Crippen molar-refractivity contribution in [3.63, 3.8) is 0 Å². The van der Waals surface area contributed by atoms with Crippen molar-refractivity contribution in [1.82, 2.24) is 14.9 Å². The molecule has 0 fully saturated rings. The number of rotatable bonds is 6. The van der Waals surface area contributed by atoms with Crippen molar-refractivity contribution in [2.75, 3.05) is 32.6 Å². The Morgan fingerprint density at radius 1 is 1.03 bits per heavy atom. The van der Waals surface area contributed by atoms with E-state index < -0.39 is 0 Å². The van der Waals surface area contributed by atoms with Gasteiger partial charge in [-0.15, -0.1) is 0 Å². The minimum absolute atomic E-state index is 0.0512. The van der Waals surface area contributed by atoms with Gasteiger partial charge in [-0.05, 0) is 53.9 Å². The zero-order valence-corrected chi connectivity index (χ0v) is 18.0. The molecule has 7 heteroatoms. The van der Waals surface area contributed by atoms with Crippen molar-refractivity contribution >= 4 is 11.6 Å². The molecule has 0 spiro atoms. The molecule has 2 aromatic heterocycles. The molecule has 0 radical (unpaired) electrons. The van der Waals surface area contributed by atoms with Gasteiger partial charge in [0.2, 0.25) is 0 Å². The van der Waals surface area contributed by atoms with Gasteiger partial charge < -0.3 is 19.3 Å². The molecule has 0 bridgehead atoms. The van der Waals surface area contributed by atoms with Gasteiger partial charge >= 0.3 is 0 Å². The molecule has 0 unspecified atom stereocenters. The highest BCUT2D eigenvalue weighted by Gasteiger charge is 2.23. The van der Waals surface area contributed by atoms with E-state index in [1.807, 2.05) is 54.2 Å². The third-order valence-corrected chi connectivity index (χ3v) is 5.38. The topological polar surface area (TPSA) is 67.8 Å². The van der Waals surface area contributed by atoms with Gasteiger partial charge in [0.15, 0.2) is 0 Å². The third kappa shape index (κ3) is 4.77. The van der Waals surface area contributed by atoms with Gasteiger partial charge in [-0.1, -0.05) is 6.07 Å². The molecule has 1 aliphatic rings. The van der Waals surface area contributed by atoms with Crippen molar-refractivity contribution in [2.24, 2.45) is 0 Å². The lowest BCUT2D eigenvalue weighted by molar-refractivity contribution is 0.0728. The SMILES string of the molecule is COc1ccc(COc2ccc3c(c2)CN(C(=O)c2ccc(N(C)C)cn2)CC3)nc1. The quantitative estimate of drug-likeness (QED) is 0.612. The first-order valence-corrected chi connectivity index (χ1v) is 10.2. The molecule has 1 amide bonds. The fourth-order valence-electron chi connectivity index (χ4n) is 3.51. The van der Waals surface area contributed by atoms with Crippen LogP contribution >= 0.6 is 0 Å². The summed E-state index contributed by atoms with van der Waals surface area (Å²) in [6.45, 7) is 1.59. The lowest BCUT2D eigenvalue weighted by Gasteiger charge is -2.29. The number of pyridine rings is 2. The van der Waals surface area contributed by atoms with Gasteiger partial charge in [0.25, 0.3) is 5.91 Å². The van der Waals surface area contributed by atoms with Gasteiger partial charge in [-0.2, -0.15) is 0 Å². The number of aromatic nitrogens is 2. The van der Waals surface area contributed by atoms with E-state index in [0.29, 0.717) is 31.1 Å². The Morgan fingerprint density at radius 3 is 2.55 bits per heavy atom. The van der Waals surface area contributed by atoms with Crippen molar-refractivity contribution in [1.29, 1.82) is 0 Å². The number of amides is 1. The van der Waals surface area contributed by atoms with Crippen LogP contribution in [0, 0.1) is 0 Å². The average molecular weight is 418 g/mol. The molecular formula is C24H26N4O3. The van der Waals surface area contributed by atoms with E-state index >= 15 is 0 Å². The molecule has 3 aromatic rings. The van der Waals surface area contributed by atoms with E-state index in [-0.39, 0.29) is 5.91 Å². The number of carbonyl (C=O) groups is 1. The van der Waals surface area contributed by atoms with Crippen molar-refractivity contribution in [2.45, 2.75) is 19.6 Å². The summed E-state index contributed by atoms with van der Waals surface area (Å²) in [7, 11) is 5.51. The summed E-state index contributed by atoms with van der Waals surface area (Å²) in [5.41, 5.74) is 4.60. The number of fused-ring (bicyclic) bond motifs is 1. The van der Waals surface area contributed by atoms with Gasteiger partial charge in [0, 0.05) is 27.2 Å². The van der Waals surface area contributed by atoms with Crippen molar-refractivity contribution < 1.29 is 14.3 Å². The standard InChI is InChI=1S/C24H26N4O3/c1-27(2)20-6-9-23(26-13-20)24(29)28-11-10-17-4-7-21(12-18(17)15-28)31-16-19-5-8-22(30-3)14-25-19/h4-9,12-14H,10-11,15-16H2,1-3H3. The summed E-state index contributed by atoms with van der Waals surface area (Å²) in [6, 6.07) is 13.5. The summed E-state index contributed by atoms with van der Waals surface area (Å²) >= 11 is 0. The van der Waals surface area contributed by atoms with Gasteiger partial charge in [-0.25, -0.2) is 4.98 Å². The normalized spacial score (nSPS) is 12.8. The summed E-state index contributed by atoms with van der Waals surface area (Å²) in [5, 5.41) is 0. The number of methoxy groups -OCH3 is 1. The summed E-state index contributed by atoms with van der Waals surface area (Å²) < 4.78 is 11.1. The van der Waals surface area contributed by atoms with Crippen LogP contribution in [0.4, 0.5) is 5.69 Å². The molecule has 0 N–H and O–H groups in total. The molecule has 0 atom stereocenters. The maximum absolute atomic E-state index is 12.9. The second kappa shape index (κ2) is 9.04. The number of anilines is 1. The van der Waals surface area contributed by atoms with E-state index in [1.165, 1.54) is 5.56 Å². The van der Waals surface area contributed by atoms with Crippen LogP contribution in [0.5, 0.6) is 11.5 Å². The first-order chi connectivity index (χ1) is 15.0. The number of ether oxygens (including phenoxy) is 2. The maximum atomic E-state index is 12.9. The summed E-state index contributed by atoms with van der Waals surface area (Å²) in [4.78, 5) is 25.4. The zero-order chi connectivity index (χ0) is 21.8. The first-order valence-electron chi connectivity index (χ1n) is 10.2. The van der Waals surface area contributed by atoms with Crippen LogP contribution in [0.1, 0.15) is 27.3 Å². The zero-order valence-electron chi connectivity index (χ0n) is 18.0. The van der Waals surface area contributed by atoms with Crippen molar-refractivity contribution in [3.8, 4) is 11.5 Å². The number of benzene rings is 1. The minimum atomic E-state index is -0.0512. The lowest BCUT2D eigenvalue weighted by Crippen LogP contribution is -2.36. The second-order valence-electron chi connectivity index (χ2n) is 7.68. The molecule has 4 rings (SSSR count).